The largest absolute Gasteiger partial charge is 0.363 e. The van der Waals surface area contributed by atoms with Crippen LogP contribution in [-0.4, -0.2) is 32.9 Å². The van der Waals surface area contributed by atoms with Crippen molar-refractivity contribution in [2.75, 3.05) is 0 Å². The number of hydrogen-bond donors (Lipinski definition) is 2. The molecule has 1 radical (unpaired) electrons. The van der Waals surface area contributed by atoms with E-state index in [-0.39, 0.29) is 24.6 Å². The predicted molar refractivity (Wildman–Crippen MR) is 142 cm³/mol. The number of benzene rings is 4. The van der Waals surface area contributed by atoms with Crippen LogP contribution < -0.4 is 11.5 Å². The highest BCUT2D eigenvalue weighted by atomic mass is 16.5. The minimum atomic E-state index is -1.06. The first-order valence-corrected chi connectivity index (χ1v) is 11.9. The summed E-state index contributed by atoms with van der Waals surface area (Å²) >= 11 is 0. The molecule has 1 unspecified atom stereocenters. The quantitative estimate of drug-likeness (QED) is 0.324. The maximum Gasteiger partial charge on any atom is 0.322 e. The van der Waals surface area contributed by atoms with Crippen LogP contribution >= 0.6 is 0 Å². The summed E-state index contributed by atoms with van der Waals surface area (Å²) in [5, 5.41) is 7.73. The van der Waals surface area contributed by atoms with Crippen LogP contribution in [0.5, 0.6) is 0 Å². The van der Waals surface area contributed by atoms with Crippen molar-refractivity contribution in [3.8, 4) is 0 Å². The van der Waals surface area contributed by atoms with E-state index in [4.69, 9.17) is 16.0 Å². The molecule has 4 aromatic carbocycles. The second-order valence-corrected chi connectivity index (χ2v) is 8.86. The molecule has 9 nitrogen and oxygen atoms in total. The van der Waals surface area contributed by atoms with Gasteiger partial charge in [0.15, 0.2) is 0 Å². The molecule has 0 bridgehead atoms. The molecular weight excluding hydrogens is 482 g/mol. The molecule has 5 aromatic rings. The molecule has 4 N–H and O–H groups in total. The SMILES string of the molecule is NC(=O)c1noc(C(Cc2ccc3ccccc3c2)N(C(N)=O)C(=O)[CH]Cc2ccc3ccccc3c2)n1. The standard InChI is InChI=1S/C29H24N5O4/c30-26(36)27-32-28(38-33-27)24(17-19-10-13-21-6-2-4-8-23(21)16-19)34(29(31)37)25(35)14-11-18-9-12-20-5-1-3-7-22(20)15-18/h1-10,12-16,24H,11,17H2,(H2,30,36)(H2,31,37). The second kappa shape index (κ2) is 10.5. The van der Waals surface area contributed by atoms with E-state index < -0.39 is 23.9 Å². The average molecular weight is 507 g/mol. The first-order valence-electron chi connectivity index (χ1n) is 11.9. The van der Waals surface area contributed by atoms with Gasteiger partial charge in [0.05, 0.1) is 6.42 Å². The van der Waals surface area contributed by atoms with Crippen LogP contribution in [0.3, 0.4) is 0 Å². The van der Waals surface area contributed by atoms with Gasteiger partial charge in [-0.3, -0.25) is 14.5 Å². The zero-order valence-corrected chi connectivity index (χ0v) is 20.3. The predicted octanol–water partition coefficient (Wildman–Crippen LogP) is 4.11. The summed E-state index contributed by atoms with van der Waals surface area (Å²) in [5.41, 5.74) is 12.7. The molecule has 0 spiro atoms. The molecule has 0 aliphatic heterocycles. The van der Waals surface area contributed by atoms with Gasteiger partial charge in [0.2, 0.25) is 5.91 Å². The van der Waals surface area contributed by atoms with Gasteiger partial charge in [-0.1, -0.05) is 90.1 Å². The van der Waals surface area contributed by atoms with Crippen molar-refractivity contribution in [1.82, 2.24) is 15.0 Å². The van der Waals surface area contributed by atoms with Crippen LogP contribution in [0.15, 0.2) is 89.5 Å². The molecule has 189 valence electrons. The maximum atomic E-state index is 13.4. The van der Waals surface area contributed by atoms with Crippen LogP contribution in [-0.2, 0) is 17.6 Å². The van der Waals surface area contributed by atoms with Crippen molar-refractivity contribution < 1.29 is 18.9 Å². The van der Waals surface area contributed by atoms with Gasteiger partial charge in [0, 0.05) is 6.42 Å². The maximum absolute atomic E-state index is 13.4. The fourth-order valence-electron chi connectivity index (χ4n) is 4.43. The Morgan fingerprint density at radius 1 is 0.816 bits per heavy atom. The second-order valence-electron chi connectivity index (χ2n) is 8.86. The number of rotatable bonds is 8. The van der Waals surface area contributed by atoms with Crippen molar-refractivity contribution in [2.45, 2.75) is 18.9 Å². The topological polar surface area (TPSA) is 145 Å². The van der Waals surface area contributed by atoms with E-state index >= 15 is 0 Å². The lowest BCUT2D eigenvalue weighted by atomic mass is 10.00. The summed E-state index contributed by atoms with van der Waals surface area (Å²) < 4.78 is 5.26. The van der Waals surface area contributed by atoms with Gasteiger partial charge in [-0.25, -0.2) is 4.79 Å². The summed E-state index contributed by atoms with van der Waals surface area (Å²) in [6.45, 7) is 0. The number of aromatic nitrogens is 2. The first kappa shape index (κ1) is 24.6. The highest BCUT2D eigenvalue weighted by Crippen LogP contribution is 2.27. The Hall–Kier alpha value is -5.05. The molecule has 4 amide bonds. The lowest BCUT2D eigenvalue weighted by molar-refractivity contribution is -0.127. The van der Waals surface area contributed by atoms with Gasteiger partial charge in [-0.05, 0) is 39.1 Å². The molecule has 1 aromatic heterocycles. The average Bonchev–Trinajstić information content (AvgIpc) is 3.42. The van der Waals surface area contributed by atoms with E-state index in [2.05, 4.69) is 10.1 Å². The minimum absolute atomic E-state index is 0.127. The number of hydrogen-bond acceptors (Lipinski definition) is 6. The molecule has 0 aliphatic carbocycles. The molecular formula is C29H24N5O4. The van der Waals surface area contributed by atoms with Crippen molar-refractivity contribution in [3.05, 3.63) is 114 Å². The lowest BCUT2D eigenvalue weighted by Crippen LogP contribution is -2.44. The first-order chi connectivity index (χ1) is 18.4. The number of fused-ring (bicyclic) bond motifs is 2. The smallest absolute Gasteiger partial charge is 0.322 e. The molecule has 1 atom stereocenters. The third-order valence-electron chi connectivity index (χ3n) is 6.30. The van der Waals surface area contributed by atoms with Crippen molar-refractivity contribution in [2.24, 2.45) is 11.5 Å². The molecule has 38 heavy (non-hydrogen) atoms. The van der Waals surface area contributed by atoms with E-state index in [9.17, 15) is 14.4 Å². The Kier molecular flexibility index (Phi) is 6.82. The summed E-state index contributed by atoms with van der Waals surface area (Å²) in [4.78, 5) is 42.5. The van der Waals surface area contributed by atoms with Gasteiger partial charge in [0.1, 0.15) is 6.04 Å². The van der Waals surface area contributed by atoms with Crippen LogP contribution in [0.1, 0.15) is 33.7 Å². The Balaban J connectivity index is 1.44. The van der Waals surface area contributed by atoms with Crippen LogP contribution in [0, 0.1) is 6.42 Å². The number of nitrogens with zero attached hydrogens (tertiary/aromatic N) is 3. The fourth-order valence-corrected chi connectivity index (χ4v) is 4.43. The number of carbonyl (C=O) groups is 3. The van der Waals surface area contributed by atoms with E-state index in [0.29, 0.717) is 0 Å². The summed E-state index contributed by atoms with van der Waals surface area (Å²) in [6.07, 6.45) is 1.78. The molecule has 1 heterocycles. The highest BCUT2D eigenvalue weighted by Gasteiger charge is 2.34. The van der Waals surface area contributed by atoms with E-state index in [1.165, 1.54) is 6.42 Å². The Morgan fingerprint density at radius 2 is 1.39 bits per heavy atom. The zero-order valence-electron chi connectivity index (χ0n) is 20.3. The van der Waals surface area contributed by atoms with E-state index in [1.54, 1.807) is 0 Å². The van der Waals surface area contributed by atoms with E-state index in [1.807, 2.05) is 84.9 Å². The molecule has 0 fully saturated rings. The summed E-state index contributed by atoms with van der Waals surface area (Å²) in [6, 6.07) is 25.3. The third kappa shape index (κ3) is 5.22. The van der Waals surface area contributed by atoms with Gasteiger partial charge in [-0.15, -0.1) is 0 Å². The Morgan fingerprint density at radius 3 is 1.97 bits per heavy atom. The minimum Gasteiger partial charge on any atom is -0.363 e. The van der Waals surface area contributed by atoms with E-state index in [0.717, 1.165) is 37.6 Å². The molecule has 0 saturated carbocycles. The van der Waals surface area contributed by atoms with Crippen molar-refractivity contribution in [1.29, 1.82) is 0 Å². The number of nitrogens with two attached hydrogens (primary N) is 2. The van der Waals surface area contributed by atoms with Gasteiger partial charge in [-0.2, -0.15) is 4.98 Å². The van der Waals surface area contributed by atoms with Crippen molar-refractivity contribution in [3.63, 3.8) is 0 Å². The van der Waals surface area contributed by atoms with Crippen molar-refractivity contribution >= 4 is 39.4 Å². The monoisotopic (exact) mass is 506 g/mol. The highest BCUT2D eigenvalue weighted by molar-refractivity contribution is 5.99. The van der Waals surface area contributed by atoms with Gasteiger partial charge >= 0.3 is 6.03 Å². The number of carbonyl (C=O) groups excluding carboxylic acids is 3. The Bertz CT molecular complexity index is 1660. The van der Waals surface area contributed by atoms with Crippen LogP contribution in [0.2, 0.25) is 0 Å². The van der Waals surface area contributed by atoms with Crippen LogP contribution in [0.4, 0.5) is 4.79 Å². The molecule has 5 rings (SSSR count). The lowest BCUT2D eigenvalue weighted by Gasteiger charge is -2.26. The number of amides is 4. The summed E-state index contributed by atoms with van der Waals surface area (Å²) in [7, 11) is 0. The number of primary amides is 2. The molecule has 9 heteroatoms. The van der Waals surface area contributed by atoms with Gasteiger partial charge in [0.25, 0.3) is 17.6 Å². The molecule has 0 saturated heterocycles. The summed E-state index contributed by atoms with van der Waals surface area (Å²) in [5.74, 6) is -2.02. The zero-order chi connectivity index (χ0) is 26.6. The normalized spacial score (nSPS) is 11.9. The number of urea groups is 1. The molecule has 0 aliphatic rings. The number of imide groups is 1. The van der Waals surface area contributed by atoms with Gasteiger partial charge < -0.3 is 16.0 Å². The Labute approximate surface area is 218 Å². The third-order valence-corrected chi connectivity index (χ3v) is 6.30. The van der Waals surface area contributed by atoms with Crippen LogP contribution in [0.25, 0.3) is 21.5 Å². The fraction of sp³-hybridized carbons (Fsp3) is 0.103.